The zero-order valence-corrected chi connectivity index (χ0v) is 16.3. The van der Waals surface area contributed by atoms with Crippen molar-refractivity contribution in [2.75, 3.05) is 6.54 Å². The Kier molecular flexibility index (Phi) is 4.49. The molecule has 2 aliphatic carbocycles. The molecule has 2 heterocycles. The van der Waals surface area contributed by atoms with Gasteiger partial charge in [-0.05, 0) is 50.7 Å². The lowest BCUT2D eigenvalue weighted by Gasteiger charge is -2.15. The summed E-state index contributed by atoms with van der Waals surface area (Å²) in [4.78, 5) is 48.9. The number of rotatable bonds is 3. The third-order valence-electron chi connectivity index (χ3n) is 6.30. The Hall–Kier alpha value is -2.89. The van der Waals surface area contributed by atoms with E-state index in [9.17, 15) is 14.4 Å². The highest BCUT2D eigenvalue weighted by Gasteiger charge is 2.38. The summed E-state index contributed by atoms with van der Waals surface area (Å²) < 4.78 is 0. The Labute approximate surface area is 169 Å². The van der Waals surface area contributed by atoms with Crippen molar-refractivity contribution in [3.63, 3.8) is 0 Å². The van der Waals surface area contributed by atoms with Crippen LogP contribution in [0.5, 0.6) is 0 Å². The molecule has 0 atom stereocenters. The summed E-state index contributed by atoms with van der Waals surface area (Å²) in [6, 6.07) is 3.35. The van der Waals surface area contributed by atoms with Crippen molar-refractivity contribution in [3.8, 4) is 0 Å². The highest BCUT2D eigenvalue weighted by Crippen LogP contribution is 2.30. The Morgan fingerprint density at radius 2 is 1.41 bits per heavy atom. The van der Waals surface area contributed by atoms with Crippen LogP contribution in [0.4, 0.5) is 0 Å². The number of carbonyl (C=O) groups excluding carboxylic acids is 3. The molecule has 1 aliphatic heterocycles. The first-order valence-electron chi connectivity index (χ1n) is 10.5. The largest absolute Gasteiger partial charge is 0.297 e. The minimum Gasteiger partial charge on any atom is -0.297 e. The molecule has 6 heteroatoms. The number of benzene rings is 1. The van der Waals surface area contributed by atoms with E-state index in [1.807, 2.05) is 0 Å². The van der Waals surface area contributed by atoms with Gasteiger partial charge >= 0.3 is 0 Å². The number of carbonyl (C=O) groups is 3. The molecule has 3 aliphatic rings. The number of fused-ring (bicyclic) bond motifs is 3. The molecule has 0 radical (unpaired) electrons. The van der Waals surface area contributed by atoms with Crippen LogP contribution in [0.15, 0.2) is 24.3 Å². The first-order chi connectivity index (χ1) is 14.1. The number of aryl methyl sites for hydroxylation is 2. The Bertz CT molecular complexity index is 998. The van der Waals surface area contributed by atoms with Crippen LogP contribution in [0.3, 0.4) is 0 Å². The quantitative estimate of drug-likeness (QED) is 0.594. The van der Waals surface area contributed by atoms with Gasteiger partial charge in [0.05, 0.1) is 40.1 Å². The summed E-state index contributed by atoms with van der Waals surface area (Å²) in [6.07, 6.45) is 11.6. The van der Waals surface area contributed by atoms with Gasteiger partial charge in [-0.15, -0.1) is 0 Å². The van der Waals surface area contributed by atoms with E-state index in [1.54, 1.807) is 12.1 Å². The number of hydrogen-bond donors (Lipinski definition) is 0. The normalized spacial score (nSPS) is 20.5. The molecule has 29 heavy (non-hydrogen) atoms. The van der Waals surface area contributed by atoms with Crippen LogP contribution in [0.25, 0.3) is 11.0 Å². The summed E-state index contributed by atoms with van der Waals surface area (Å²) in [5.74, 6) is -0.812. The molecule has 1 aromatic carbocycles. The van der Waals surface area contributed by atoms with Crippen LogP contribution in [0, 0.1) is 5.92 Å². The Morgan fingerprint density at radius 1 is 0.897 bits per heavy atom. The number of imide groups is 1. The Morgan fingerprint density at radius 3 is 1.93 bits per heavy atom. The molecule has 1 aromatic heterocycles. The lowest BCUT2D eigenvalue weighted by Crippen LogP contribution is -2.36. The van der Waals surface area contributed by atoms with E-state index in [1.165, 1.54) is 0 Å². The van der Waals surface area contributed by atoms with Gasteiger partial charge < -0.3 is 0 Å². The summed E-state index contributed by atoms with van der Waals surface area (Å²) in [7, 11) is 0. The number of allylic oxidation sites excluding steroid dienone is 2. The third-order valence-corrected chi connectivity index (χ3v) is 6.30. The fourth-order valence-electron chi connectivity index (χ4n) is 4.67. The molecule has 1 fully saturated rings. The molecule has 2 aromatic rings. The van der Waals surface area contributed by atoms with Gasteiger partial charge in [-0.3, -0.25) is 19.3 Å². The lowest BCUT2D eigenvalue weighted by molar-refractivity contribution is -0.123. The van der Waals surface area contributed by atoms with Crippen LogP contribution >= 0.6 is 0 Å². The van der Waals surface area contributed by atoms with Gasteiger partial charge in [0.2, 0.25) is 0 Å². The standard InChI is InChI=1S/C23H23N3O3/c27-21(14-7-5-6-8-14)13-26-22(28)15-11-19-20(12-16(15)23(26)29)25-18-10-4-2-1-3-9-17(18)24-19/h1-2,11-12,14H,3-10,13H2/b2-1+. The fourth-order valence-corrected chi connectivity index (χ4v) is 4.67. The molecule has 6 nitrogen and oxygen atoms in total. The van der Waals surface area contributed by atoms with Gasteiger partial charge in [0.1, 0.15) is 0 Å². The first-order valence-corrected chi connectivity index (χ1v) is 10.5. The van der Waals surface area contributed by atoms with E-state index in [2.05, 4.69) is 12.2 Å². The zero-order valence-electron chi connectivity index (χ0n) is 16.3. The minimum atomic E-state index is -0.394. The van der Waals surface area contributed by atoms with Crippen LogP contribution in [-0.2, 0) is 17.6 Å². The molecule has 0 bridgehead atoms. The van der Waals surface area contributed by atoms with Crippen molar-refractivity contribution in [2.24, 2.45) is 5.92 Å². The maximum atomic E-state index is 12.9. The van der Waals surface area contributed by atoms with Gasteiger partial charge in [0.25, 0.3) is 11.8 Å². The lowest BCUT2D eigenvalue weighted by atomic mass is 10.0. The van der Waals surface area contributed by atoms with Crippen molar-refractivity contribution >= 4 is 28.6 Å². The highest BCUT2D eigenvalue weighted by atomic mass is 16.2. The molecular weight excluding hydrogens is 366 g/mol. The van der Waals surface area contributed by atoms with Crippen molar-refractivity contribution in [2.45, 2.75) is 51.4 Å². The van der Waals surface area contributed by atoms with Crippen molar-refractivity contribution in [1.29, 1.82) is 0 Å². The van der Waals surface area contributed by atoms with Crippen LogP contribution in [-0.4, -0.2) is 39.0 Å². The molecule has 148 valence electrons. The van der Waals surface area contributed by atoms with Crippen molar-refractivity contribution < 1.29 is 14.4 Å². The molecule has 0 saturated heterocycles. The maximum Gasteiger partial charge on any atom is 0.262 e. The molecule has 0 unspecified atom stereocenters. The summed E-state index contributed by atoms with van der Waals surface area (Å²) >= 11 is 0. The number of aromatic nitrogens is 2. The second-order valence-electron chi connectivity index (χ2n) is 8.20. The molecular formula is C23H23N3O3. The van der Waals surface area contributed by atoms with E-state index in [-0.39, 0.29) is 18.2 Å². The number of ketones is 1. The predicted octanol–water partition coefficient (Wildman–Crippen LogP) is 3.42. The maximum absolute atomic E-state index is 12.9. The van der Waals surface area contributed by atoms with Gasteiger partial charge in [0, 0.05) is 5.92 Å². The third kappa shape index (κ3) is 3.16. The molecule has 2 amide bonds. The topological polar surface area (TPSA) is 80.2 Å². The minimum absolute atomic E-state index is 0.00623. The Balaban J connectivity index is 1.48. The van der Waals surface area contributed by atoms with Crippen LogP contribution in [0.2, 0.25) is 0 Å². The van der Waals surface area contributed by atoms with E-state index in [4.69, 9.17) is 9.97 Å². The number of nitrogens with zero attached hydrogens (tertiary/aromatic N) is 3. The fraction of sp³-hybridized carbons (Fsp3) is 0.435. The van der Waals surface area contributed by atoms with E-state index in [0.29, 0.717) is 22.2 Å². The van der Waals surface area contributed by atoms with Gasteiger partial charge in [-0.25, -0.2) is 9.97 Å². The average molecular weight is 389 g/mol. The number of amides is 2. The number of Topliss-reactive ketones (excluding diaryl/α,β-unsaturated/α-hetero) is 1. The molecule has 5 rings (SSSR count). The monoisotopic (exact) mass is 389 g/mol. The number of hydrogen-bond acceptors (Lipinski definition) is 5. The highest BCUT2D eigenvalue weighted by molar-refractivity contribution is 6.23. The molecule has 0 spiro atoms. The van der Waals surface area contributed by atoms with Crippen LogP contribution < -0.4 is 0 Å². The van der Waals surface area contributed by atoms with E-state index < -0.39 is 11.8 Å². The van der Waals surface area contributed by atoms with Gasteiger partial charge in [-0.1, -0.05) is 25.0 Å². The second kappa shape index (κ2) is 7.17. The molecule has 0 N–H and O–H groups in total. The van der Waals surface area contributed by atoms with Gasteiger partial charge in [-0.2, -0.15) is 0 Å². The smallest absolute Gasteiger partial charge is 0.262 e. The SMILES string of the molecule is O=C(CN1C(=O)c2cc3nc4c(nc3cc2C1=O)CC/C=C/CC4)C1CCCC1. The van der Waals surface area contributed by atoms with Crippen molar-refractivity contribution in [1.82, 2.24) is 14.9 Å². The summed E-state index contributed by atoms with van der Waals surface area (Å²) in [5.41, 5.74) is 3.87. The molecule has 1 saturated carbocycles. The summed E-state index contributed by atoms with van der Waals surface area (Å²) in [6.45, 7) is -0.129. The average Bonchev–Trinajstić information content (AvgIpc) is 3.31. The summed E-state index contributed by atoms with van der Waals surface area (Å²) in [5, 5.41) is 0. The van der Waals surface area contributed by atoms with Crippen LogP contribution in [0.1, 0.15) is 70.6 Å². The van der Waals surface area contributed by atoms with Crippen molar-refractivity contribution in [3.05, 3.63) is 46.8 Å². The second-order valence-corrected chi connectivity index (χ2v) is 8.20. The predicted molar refractivity (Wildman–Crippen MR) is 108 cm³/mol. The van der Waals surface area contributed by atoms with Gasteiger partial charge in [0.15, 0.2) is 5.78 Å². The van der Waals surface area contributed by atoms with E-state index in [0.717, 1.165) is 67.7 Å². The zero-order chi connectivity index (χ0) is 20.0. The first kappa shape index (κ1) is 18.2. The van der Waals surface area contributed by atoms with E-state index >= 15 is 0 Å².